The molecule has 1 unspecified atom stereocenters. The maximum absolute atomic E-state index is 11.4. The second-order valence-corrected chi connectivity index (χ2v) is 4.60. The molecule has 0 radical (unpaired) electrons. The van der Waals surface area contributed by atoms with Gasteiger partial charge in [0.15, 0.2) is 0 Å². The molecule has 0 bridgehead atoms. The molecular weight excluding hydrogens is 242 g/mol. The second kappa shape index (κ2) is 8.31. The van der Waals surface area contributed by atoms with Crippen molar-refractivity contribution in [3.05, 3.63) is 0 Å². The molecule has 1 atom stereocenters. The molecule has 6 heteroatoms. The number of amides is 2. The highest BCUT2D eigenvalue weighted by Gasteiger charge is 2.21. The first-order chi connectivity index (χ1) is 7.27. The van der Waals surface area contributed by atoms with Gasteiger partial charge < -0.3 is 16.4 Å². The lowest BCUT2D eigenvalue weighted by Crippen LogP contribution is -2.49. The Hall–Kier alpha value is -0.810. The Bertz CT molecular complexity index is 252. The Morgan fingerprint density at radius 3 is 2.29 bits per heavy atom. The van der Waals surface area contributed by atoms with E-state index in [1.165, 1.54) is 0 Å². The van der Waals surface area contributed by atoms with E-state index in [0.29, 0.717) is 6.54 Å². The molecule has 0 heterocycles. The van der Waals surface area contributed by atoms with E-state index in [1.807, 2.05) is 13.8 Å². The second-order valence-electron chi connectivity index (χ2n) is 4.60. The van der Waals surface area contributed by atoms with Crippen LogP contribution in [-0.2, 0) is 9.59 Å². The third-order valence-corrected chi connectivity index (χ3v) is 2.24. The highest BCUT2D eigenvalue weighted by atomic mass is 35.5. The van der Waals surface area contributed by atoms with Gasteiger partial charge in [-0.2, -0.15) is 0 Å². The van der Waals surface area contributed by atoms with E-state index >= 15 is 0 Å². The van der Waals surface area contributed by atoms with Crippen LogP contribution in [-0.4, -0.2) is 29.9 Å². The van der Waals surface area contributed by atoms with Crippen LogP contribution < -0.4 is 16.4 Å². The first kappa shape index (κ1) is 18.6. The fourth-order valence-corrected chi connectivity index (χ4v) is 0.966. The Kier molecular flexibility index (Phi) is 9.06. The molecule has 4 N–H and O–H groups in total. The average molecular weight is 266 g/mol. The largest absolute Gasteiger partial charge is 0.354 e. The van der Waals surface area contributed by atoms with E-state index in [-0.39, 0.29) is 36.7 Å². The van der Waals surface area contributed by atoms with E-state index in [2.05, 4.69) is 10.6 Å². The van der Waals surface area contributed by atoms with Crippen molar-refractivity contribution in [1.29, 1.82) is 0 Å². The summed E-state index contributed by atoms with van der Waals surface area (Å²) < 4.78 is 0. The van der Waals surface area contributed by atoms with Crippen LogP contribution in [0.1, 0.15) is 40.5 Å². The van der Waals surface area contributed by atoms with Crippen LogP contribution in [0.5, 0.6) is 0 Å². The van der Waals surface area contributed by atoms with Crippen LogP contribution in [0.3, 0.4) is 0 Å². The van der Waals surface area contributed by atoms with E-state index in [9.17, 15) is 9.59 Å². The van der Waals surface area contributed by atoms with E-state index < -0.39 is 5.54 Å². The van der Waals surface area contributed by atoms with Crippen molar-refractivity contribution in [1.82, 2.24) is 10.6 Å². The van der Waals surface area contributed by atoms with Crippen molar-refractivity contribution in [3.63, 3.8) is 0 Å². The van der Waals surface area contributed by atoms with Gasteiger partial charge in [0.2, 0.25) is 11.8 Å². The number of carbonyl (C=O) groups excluding carboxylic acids is 2. The molecule has 2 amide bonds. The van der Waals surface area contributed by atoms with Gasteiger partial charge in [-0.3, -0.25) is 9.59 Å². The van der Waals surface area contributed by atoms with Crippen LogP contribution in [0.25, 0.3) is 0 Å². The molecule has 0 fully saturated rings. The molecule has 0 saturated heterocycles. The Labute approximate surface area is 109 Å². The van der Waals surface area contributed by atoms with Crippen molar-refractivity contribution in [3.8, 4) is 0 Å². The zero-order chi connectivity index (χ0) is 12.8. The summed E-state index contributed by atoms with van der Waals surface area (Å²) in [5.74, 6) is -0.298. The van der Waals surface area contributed by atoms with Crippen molar-refractivity contribution in [2.75, 3.05) is 6.54 Å². The predicted molar refractivity (Wildman–Crippen MR) is 71.0 cm³/mol. The van der Waals surface area contributed by atoms with Gasteiger partial charge in [0.05, 0.1) is 5.54 Å². The Morgan fingerprint density at radius 2 is 1.88 bits per heavy atom. The van der Waals surface area contributed by atoms with Gasteiger partial charge in [-0.15, -0.1) is 12.4 Å². The topological polar surface area (TPSA) is 84.2 Å². The van der Waals surface area contributed by atoms with Crippen molar-refractivity contribution in [2.24, 2.45) is 5.73 Å². The van der Waals surface area contributed by atoms with Gasteiger partial charge in [-0.25, -0.2) is 0 Å². The SMILES string of the molecule is CCC(C)NC(=O)CCNC(=O)C(C)(C)N.Cl. The van der Waals surface area contributed by atoms with Crippen LogP contribution in [0.15, 0.2) is 0 Å². The van der Waals surface area contributed by atoms with E-state index in [4.69, 9.17) is 5.73 Å². The van der Waals surface area contributed by atoms with Gasteiger partial charge in [-0.05, 0) is 27.2 Å². The zero-order valence-electron chi connectivity index (χ0n) is 11.0. The molecule has 17 heavy (non-hydrogen) atoms. The summed E-state index contributed by atoms with van der Waals surface area (Å²) in [7, 11) is 0. The van der Waals surface area contributed by atoms with Crippen molar-refractivity contribution < 1.29 is 9.59 Å². The van der Waals surface area contributed by atoms with Gasteiger partial charge >= 0.3 is 0 Å². The highest BCUT2D eigenvalue weighted by molar-refractivity contribution is 5.86. The normalized spacial score (nSPS) is 12.3. The number of hydrogen-bond acceptors (Lipinski definition) is 3. The molecule has 5 nitrogen and oxygen atoms in total. The molecule has 0 aromatic heterocycles. The van der Waals surface area contributed by atoms with Gasteiger partial charge in [-0.1, -0.05) is 6.92 Å². The fraction of sp³-hybridized carbons (Fsp3) is 0.818. The molecule has 102 valence electrons. The van der Waals surface area contributed by atoms with E-state index in [0.717, 1.165) is 6.42 Å². The minimum absolute atomic E-state index is 0. The monoisotopic (exact) mass is 265 g/mol. The van der Waals surface area contributed by atoms with Crippen LogP contribution >= 0.6 is 12.4 Å². The molecule has 0 aliphatic heterocycles. The summed E-state index contributed by atoms with van der Waals surface area (Å²) in [6.45, 7) is 7.52. The third-order valence-electron chi connectivity index (χ3n) is 2.24. The number of nitrogens with one attached hydrogen (secondary N) is 2. The first-order valence-electron chi connectivity index (χ1n) is 5.64. The lowest BCUT2D eigenvalue weighted by atomic mass is 10.1. The molecule has 0 rings (SSSR count). The zero-order valence-corrected chi connectivity index (χ0v) is 11.8. The summed E-state index contributed by atoms with van der Waals surface area (Å²) in [6.07, 6.45) is 1.18. The lowest BCUT2D eigenvalue weighted by Gasteiger charge is -2.18. The summed E-state index contributed by atoms with van der Waals surface area (Å²) in [4.78, 5) is 22.7. The van der Waals surface area contributed by atoms with Crippen LogP contribution in [0.4, 0.5) is 0 Å². The smallest absolute Gasteiger partial charge is 0.239 e. The van der Waals surface area contributed by atoms with E-state index in [1.54, 1.807) is 13.8 Å². The Balaban J connectivity index is 0. The number of carbonyl (C=O) groups is 2. The molecule has 0 saturated carbocycles. The molecule has 0 aliphatic carbocycles. The molecule has 0 spiro atoms. The maximum atomic E-state index is 11.4. The number of nitrogens with two attached hydrogens (primary N) is 1. The first-order valence-corrected chi connectivity index (χ1v) is 5.64. The summed E-state index contributed by atoms with van der Waals surface area (Å²) in [5.41, 5.74) is 4.69. The average Bonchev–Trinajstić information content (AvgIpc) is 2.15. The maximum Gasteiger partial charge on any atom is 0.239 e. The molecule has 0 aromatic rings. The lowest BCUT2D eigenvalue weighted by molar-refractivity contribution is -0.125. The molecular formula is C11H24ClN3O2. The fourth-order valence-electron chi connectivity index (χ4n) is 0.966. The summed E-state index contributed by atoms with van der Waals surface area (Å²) in [5, 5.41) is 5.44. The number of hydrogen-bond donors (Lipinski definition) is 3. The van der Waals surface area contributed by atoms with Gasteiger partial charge in [0, 0.05) is 19.0 Å². The van der Waals surface area contributed by atoms with Gasteiger partial charge in [0.25, 0.3) is 0 Å². The minimum Gasteiger partial charge on any atom is -0.354 e. The summed E-state index contributed by atoms with van der Waals surface area (Å²) >= 11 is 0. The third kappa shape index (κ3) is 8.94. The molecule has 0 aliphatic rings. The van der Waals surface area contributed by atoms with Crippen molar-refractivity contribution >= 4 is 24.2 Å². The number of rotatable bonds is 6. The van der Waals surface area contributed by atoms with Gasteiger partial charge in [0.1, 0.15) is 0 Å². The highest BCUT2D eigenvalue weighted by Crippen LogP contribution is 1.95. The van der Waals surface area contributed by atoms with Crippen LogP contribution in [0.2, 0.25) is 0 Å². The van der Waals surface area contributed by atoms with Crippen LogP contribution in [0, 0.1) is 0 Å². The minimum atomic E-state index is -0.896. The standard InChI is InChI=1S/C11H23N3O2.ClH/c1-5-8(2)14-9(15)6-7-13-10(16)11(3,4)12;/h8H,5-7,12H2,1-4H3,(H,13,16)(H,14,15);1H. The van der Waals surface area contributed by atoms with Crippen molar-refractivity contribution in [2.45, 2.75) is 52.1 Å². The summed E-state index contributed by atoms with van der Waals surface area (Å²) in [6, 6.07) is 0.175. The number of halogens is 1. The Morgan fingerprint density at radius 1 is 1.35 bits per heavy atom. The molecule has 0 aromatic carbocycles. The predicted octanol–water partition coefficient (Wildman–Crippen LogP) is 0.567. The quantitative estimate of drug-likeness (QED) is 0.656.